The Balaban J connectivity index is 1.49. The molecule has 3 heterocycles. The molecular formula is C21H13BrClF3N4O3. The van der Waals surface area contributed by atoms with E-state index in [2.05, 4.69) is 31.1 Å². The van der Waals surface area contributed by atoms with Gasteiger partial charge in [-0.3, -0.25) is 4.79 Å². The molecule has 33 heavy (non-hydrogen) atoms. The van der Waals surface area contributed by atoms with E-state index in [0.29, 0.717) is 17.0 Å². The van der Waals surface area contributed by atoms with Crippen molar-refractivity contribution in [2.75, 3.05) is 0 Å². The zero-order valence-corrected chi connectivity index (χ0v) is 19.0. The first-order valence-electron chi connectivity index (χ1n) is 9.65. The van der Waals surface area contributed by atoms with Crippen LogP contribution in [0.25, 0.3) is 28.6 Å². The Bertz CT molecular complexity index is 1430. The van der Waals surface area contributed by atoms with Gasteiger partial charge in [0.1, 0.15) is 5.69 Å². The van der Waals surface area contributed by atoms with Crippen molar-refractivity contribution in [2.24, 2.45) is 5.92 Å². The Kier molecular flexibility index (Phi) is 5.02. The number of nitrogens with zero attached hydrogens (tertiary/aromatic N) is 4. The number of alkyl halides is 3. The lowest BCUT2D eigenvalue weighted by atomic mass is 10.00. The van der Waals surface area contributed by atoms with Crippen LogP contribution in [0.3, 0.4) is 0 Å². The van der Waals surface area contributed by atoms with Crippen molar-refractivity contribution in [1.29, 1.82) is 0 Å². The molecule has 1 fully saturated rings. The number of pyridine rings is 1. The maximum atomic E-state index is 13.1. The molecule has 0 bridgehead atoms. The van der Waals surface area contributed by atoms with Crippen LogP contribution in [-0.4, -0.2) is 30.6 Å². The summed E-state index contributed by atoms with van der Waals surface area (Å²) in [6.45, 7) is 1.85. The summed E-state index contributed by atoms with van der Waals surface area (Å²) in [6.07, 6.45) is -1.65. The van der Waals surface area contributed by atoms with E-state index < -0.39 is 23.6 Å². The fourth-order valence-corrected chi connectivity index (χ4v) is 4.63. The number of carboxylic acid groups (broad SMARTS) is 1. The summed E-state index contributed by atoms with van der Waals surface area (Å²) >= 11 is 9.55. The Hall–Kier alpha value is -2.92. The molecule has 170 valence electrons. The first-order valence-corrected chi connectivity index (χ1v) is 10.8. The van der Waals surface area contributed by atoms with Crippen molar-refractivity contribution in [3.05, 3.63) is 56.8 Å². The quantitative estimate of drug-likeness (QED) is 0.342. The van der Waals surface area contributed by atoms with Crippen LogP contribution in [0.4, 0.5) is 13.2 Å². The molecule has 7 nitrogen and oxygen atoms in total. The van der Waals surface area contributed by atoms with Crippen LogP contribution in [0.15, 0.2) is 39.6 Å². The third-order valence-corrected chi connectivity index (χ3v) is 6.48. The monoisotopic (exact) mass is 540 g/mol. The van der Waals surface area contributed by atoms with Gasteiger partial charge >= 0.3 is 12.1 Å². The van der Waals surface area contributed by atoms with Crippen molar-refractivity contribution < 1.29 is 27.6 Å². The van der Waals surface area contributed by atoms with Gasteiger partial charge in [0.15, 0.2) is 5.65 Å². The average molecular weight is 542 g/mol. The van der Waals surface area contributed by atoms with E-state index in [0.717, 1.165) is 23.4 Å². The Labute approximate surface area is 197 Å². The smallest absolute Gasteiger partial charge is 0.417 e. The van der Waals surface area contributed by atoms with Gasteiger partial charge < -0.3 is 14.0 Å². The van der Waals surface area contributed by atoms with Gasteiger partial charge in [0.25, 0.3) is 5.89 Å². The number of hydrogen-bond acceptors (Lipinski definition) is 5. The molecule has 1 aliphatic rings. The number of aromatic nitrogens is 4. The summed E-state index contributed by atoms with van der Waals surface area (Å²) in [6, 6.07) is 4.43. The number of hydrogen-bond donors (Lipinski definition) is 1. The number of benzene rings is 1. The SMILES string of the molecule is Cc1cc(-c2noc(-c3cn4cc(C(F)(F)F)cc(Br)c4n3)n2)c(Cl)cc1C1CC1C(=O)O. The molecule has 2 unspecified atom stereocenters. The van der Waals surface area contributed by atoms with E-state index in [4.69, 9.17) is 16.1 Å². The molecule has 0 saturated heterocycles. The van der Waals surface area contributed by atoms with Crippen LogP contribution in [0.2, 0.25) is 5.02 Å². The van der Waals surface area contributed by atoms with Gasteiger partial charge in [0.05, 0.1) is 21.0 Å². The molecule has 4 aromatic rings. The van der Waals surface area contributed by atoms with Gasteiger partial charge in [-0.15, -0.1) is 0 Å². The number of imidazole rings is 1. The summed E-state index contributed by atoms with van der Waals surface area (Å²) in [7, 11) is 0. The Morgan fingerprint density at radius 1 is 1.27 bits per heavy atom. The molecule has 0 aliphatic heterocycles. The van der Waals surface area contributed by atoms with E-state index in [1.807, 2.05) is 6.92 Å². The molecular weight excluding hydrogens is 529 g/mol. The maximum Gasteiger partial charge on any atom is 0.417 e. The van der Waals surface area contributed by atoms with Crippen LogP contribution >= 0.6 is 27.5 Å². The highest BCUT2D eigenvalue weighted by Gasteiger charge is 2.45. The summed E-state index contributed by atoms with van der Waals surface area (Å²) in [4.78, 5) is 19.8. The predicted molar refractivity (Wildman–Crippen MR) is 115 cm³/mol. The molecule has 1 N–H and O–H groups in total. The molecule has 1 aromatic carbocycles. The minimum absolute atomic E-state index is 0.0140. The lowest BCUT2D eigenvalue weighted by Crippen LogP contribution is -2.06. The molecule has 0 radical (unpaired) electrons. The van der Waals surface area contributed by atoms with Gasteiger partial charge in [0.2, 0.25) is 5.82 Å². The largest absolute Gasteiger partial charge is 0.481 e. The topological polar surface area (TPSA) is 93.5 Å². The molecule has 1 saturated carbocycles. The second-order valence-electron chi connectivity index (χ2n) is 7.83. The highest BCUT2D eigenvalue weighted by molar-refractivity contribution is 9.10. The van der Waals surface area contributed by atoms with Crippen molar-refractivity contribution >= 4 is 39.1 Å². The van der Waals surface area contributed by atoms with Crippen LogP contribution < -0.4 is 0 Å². The first kappa shape index (κ1) is 21.9. The average Bonchev–Trinajstić information content (AvgIpc) is 3.16. The van der Waals surface area contributed by atoms with Crippen LogP contribution in [0, 0.1) is 12.8 Å². The van der Waals surface area contributed by atoms with Crippen molar-refractivity contribution in [3.8, 4) is 23.0 Å². The van der Waals surface area contributed by atoms with Gasteiger partial charge in [-0.2, -0.15) is 18.2 Å². The van der Waals surface area contributed by atoms with Crippen LogP contribution in [0.1, 0.15) is 29.0 Å². The number of halogens is 5. The molecule has 0 amide bonds. The zero-order valence-electron chi connectivity index (χ0n) is 16.7. The van der Waals surface area contributed by atoms with Gasteiger partial charge in [-0.25, -0.2) is 4.98 Å². The molecule has 3 aromatic heterocycles. The first-order chi connectivity index (χ1) is 15.5. The fraction of sp³-hybridized carbons (Fsp3) is 0.238. The summed E-state index contributed by atoms with van der Waals surface area (Å²) in [5, 5.41) is 13.5. The molecule has 1 aliphatic carbocycles. The van der Waals surface area contributed by atoms with E-state index in [-0.39, 0.29) is 33.4 Å². The van der Waals surface area contributed by atoms with Gasteiger partial charge in [0, 0.05) is 18.0 Å². The minimum Gasteiger partial charge on any atom is -0.481 e. The lowest BCUT2D eigenvalue weighted by molar-refractivity contribution is -0.139. The number of aliphatic carboxylic acids is 1. The van der Waals surface area contributed by atoms with E-state index in [1.165, 1.54) is 10.6 Å². The standard InChI is InChI=1S/C21H13BrClF3N4O3/c1-8-2-13(15(23)5-10(8)11-4-12(11)20(31)32)17-28-19(33-29-17)16-7-30-6-9(21(24,25)26)3-14(22)18(30)27-16/h2-3,5-7,11-12H,4H2,1H3,(H,31,32). The van der Waals surface area contributed by atoms with E-state index >= 15 is 0 Å². The van der Waals surface area contributed by atoms with Crippen molar-refractivity contribution in [1.82, 2.24) is 19.5 Å². The minimum atomic E-state index is -4.51. The zero-order chi connectivity index (χ0) is 23.7. The number of carbonyl (C=O) groups is 1. The summed E-state index contributed by atoms with van der Waals surface area (Å²) in [5.41, 5.74) is 1.83. The van der Waals surface area contributed by atoms with Crippen LogP contribution in [0.5, 0.6) is 0 Å². The van der Waals surface area contributed by atoms with E-state index in [1.54, 1.807) is 12.1 Å². The second kappa shape index (κ2) is 7.56. The second-order valence-corrected chi connectivity index (χ2v) is 9.09. The number of rotatable bonds is 4. The fourth-order valence-electron chi connectivity index (χ4n) is 3.83. The van der Waals surface area contributed by atoms with Gasteiger partial charge in [-0.1, -0.05) is 16.8 Å². The molecule has 2 atom stereocenters. The normalized spacial score (nSPS) is 18.1. The number of carboxylic acids is 1. The highest BCUT2D eigenvalue weighted by Crippen LogP contribution is 2.50. The third-order valence-electron chi connectivity index (χ3n) is 5.58. The molecule has 0 spiro atoms. The number of aryl methyl sites for hydroxylation is 1. The Morgan fingerprint density at radius 2 is 2.03 bits per heavy atom. The maximum absolute atomic E-state index is 13.1. The summed E-state index contributed by atoms with van der Waals surface area (Å²) < 4.78 is 46.0. The lowest BCUT2D eigenvalue weighted by Gasteiger charge is -2.08. The predicted octanol–water partition coefficient (Wildman–Crippen LogP) is 5.98. The summed E-state index contributed by atoms with van der Waals surface area (Å²) in [5.74, 6) is -1.12. The van der Waals surface area contributed by atoms with Crippen LogP contribution in [-0.2, 0) is 11.0 Å². The number of fused-ring (bicyclic) bond motifs is 1. The highest BCUT2D eigenvalue weighted by atomic mass is 79.9. The van der Waals surface area contributed by atoms with Crippen molar-refractivity contribution in [3.63, 3.8) is 0 Å². The van der Waals surface area contributed by atoms with Gasteiger partial charge in [-0.05, 0) is 64.5 Å². The molecule has 5 rings (SSSR count). The molecule has 12 heteroatoms. The van der Waals surface area contributed by atoms with E-state index in [9.17, 15) is 23.1 Å². The Morgan fingerprint density at radius 3 is 2.70 bits per heavy atom. The third kappa shape index (κ3) is 3.89. The van der Waals surface area contributed by atoms with Crippen molar-refractivity contribution in [2.45, 2.75) is 25.4 Å².